The van der Waals surface area contributed by atoms with Gasteiger partial charge in [0.25, 0.3) is 5.56 Å². The fourth-order valence-corrected chi connectivity index (χ4v) is 2.29. The Morgan fingerprint density at radius 1 is 1.16 bits per heavy atom. The van der Waals surface area contributed by atoms with Gasteiger partial charge in [-0.2, -0.15) is 13.2 Å². The number of carbonyl (C=O) groups is 1. The van der Waals surface area contributed by atoms with Gasteiger partial charge >= 0.3 is 6.18 Å². The number of hydrogen-bond acceptors (Lipinski definition) is 4. The van der Waals surface area contributed by atoms with E-state index in [2.05, 4.69) is 5.32 Å². The molecule has 0 unspecified atom stereocenters. The van der Waals surface area contributed by atoms with Gasteiger partial charge in [0.05, 0.1) is 5.56 Å². The standard InChI is InChI=1S/C16H13F3N2O4/c17-16(18,19)10-1-4-15(23)21(8-10)6-5-14(22)20-11-2-3-12-13(7-11)25-9-24-12/h1-4,7-8H,5-6,9H2,(H,20,22). The van der Waals surface area contributed by atoms with E-state index in [-0.39, 0.29) is 19.8 Å². The number of ether oxygens (including phenoxy) is 2. The van der Waals surface area contributed by atoms with E-state index in [0.29, 0.717) is 29.4 Å². The fourth-order valence-electron chi connectivity index (χ4n) is 2.29. The molecule has 0 radical (unpaired) electrons. The molecule has 1 amide bonds. The van der Waals surface area contributed by atoms with Crippen LogP contribution in [0.25, 0.3) is 0 Å². The second-order valence-corrected chi connectivity index (χ2v) is 5.31. The van der Waals surface area contributed by atoms with Crippen LogP contribution in [0, 0.1) is 0 Å². The number of rotatable bonds is 4. The van der Waals surface area contributed by atoms with E-state index in [1.807, 2.05) is 0 Å². The average Bonchev–Trinajstić information content (AvgIpc) is 3.00. The summed E-state index contributed by atoms with van der Waals surface area (Å²) >= 11 is 0. The van der Waals surface area contributed by atoms with Crippen molar-refractivity contribution in [1.82, 2.24) is 4.57 Å². The molecular formula is C16H13F3N2O4. The van der Waals surface area contributed by atoms with E-state index >= 15 is 0 Å². The van der Waals surface area contributed by atoms with Gasteiger partial charge in [0, 0.05) is 37.0 Å². The summed E-state index contributed by atoms with van der Waals surface area (Å²) in [6, 6.07) is 6.37. The summed E-state index contributed by atoms with van der Waals surface area (Å²) < 4.78 is 49.2. The molecule has 3 rings (SSSR count). The van der Waals surface area contributed by atoms with Crippen molar-refractivity contribution in [2.45, 2.75) is 19.1 Å². The molecular weight excluding hydrogens is 341 g/mol. The lowest BCUT2D eigenvalue weighted by Crippen LogP contribution is -2.24. The van der Waals surface area contributed by atoms with Crippen molar-refractivity contribution < 1.29 is 27.4 Å². The highest BCUT2D eigenvalue weighted by Gasteiger charge is 2.31. The monoisotopic (exact) mass is 354 g/mol. The molecule has 0 bridgehead atoms. The maximum Gasteiger partial charge on any atom is 0.417 e. The lowest BCUT2D eigenvalue weighted by molar-refractivity contribution is -0.138. The molecule has 0 aliphatic carbocycles. The molecule has 0 saturated carbocycles. The van der Waals surface area contributed by atoms with Crippen molar-refractivity contribution in [1.29, 1.82) is 0 Å². The number of nitrogens with one attached hydrogen (secondary N) is 1. The van der Waals surface area contributed by atoms with Crippen LogP contribution in [0.3, 0.4) is 0 Å². The summed E-state index contributed by atoms with van der Waals surface area (Å²) in [5, 5.41) is 2.59. The fraction of sp³-hybridized carbons (Fsp3) is 0.250. The van der Waals surface area contributed by atoms with Gasteiger partial charge < -0.3 is 19.4 Å². The molecule has 6 nitrogen and oxygen atoms in total. The van der Waals surface area contributed by atoms with Crippen LogP contribution in [0.1, 0.15) is 12.0 Å². The molecule has 0 saturated heterocycles. The van der Waals surface area contributed by atoms with Gasteiger partial charge in [-0.25, -0.2) is 0 Å². The van der Waals surface area contributed by atoms with Crippen molar-refractivity contribution in [3.8, 4) is 11.5 Å². The molecule has 0 fully saturated rings. The van der Waals surface area contributed by atoms with Gasteiger partial charge in [0.15, 0.2) is 11.5 Å². The number of benzene rings is 1. The minimum absolute atomic E-state index is 0.102. The molecule has 0 atom stereocenters. The number of aromatic nitrogens is 1. The first-order chi connectivity index (χ1) is 11.8. The molecule has 1 N–H and O–H groups in total. The van der Waals surface area contributed by atoms with Crippen molar-refractivity contribution in [2.24, 2.45) is 0 Å². The first kappa shape index (κ1) is 16.9. The van der Waals surface area contributed by atoms with Crippen LogP contribution >= 0.6 is 0 Å². The van der Waals surface area contributed by atoms with Crippen molar-refractivity contribution in [3.63, 3.8) is 0 Å². The number of alkyl halides is 3. The number of nitrogens with zero attached hydrogens (tertiary/aromatic N) is 1. The maximum absolute atomic E-state index is 12.7. The van der Waals surface area contributed by atoms with E-state index in [0.717, 1.165) is 10.6 Å². The summed E-state index contributed by atoms with van der Waals surface area (Å²) in [5.74, 6) is 0.614. The average molecular weight is 354 g/mol. The quantitative estimate of drug-likeness (QED) is 0.916. The summed E-state index contributed by atoms with van der Waals surface area (Å²) in [6.07, 6.45) is -4.00. The van der Waals surface area contributed by atoms with E-state index in [1.165, 1.54) is 0 Å². The number of anilines is 1. The van der Waals surface area contributed by atoms with Gasteiger partial charge in [-0.1, -0.05) is 0 Å². The van der Waals surface area contributed by atoms with Gasteiger partial charge in [-0.05, 0) is 18.2 Å². The predicted molar refractivity (Wildman–Crippen MR) is 81.5 cm³/mol. The summed E-state index contributed by atoms with van der Waals surface area (Å²) in [5.41, 5.74) is -1.09. The second-order valence-electron chi connectivity index (χ2n) is 5.31. The number of pyridine rings is 1. The largest absolute Gasteiger partial charge is 0.454 e. The Morgan fingerprint density at radius 3 is 2.68 bits per heavy atom. The highest BCUT2D eigenvalue weighted by Crippen LogP contribution is 2.34. The van der Waals surface area contributed by atoms with Crippen LogP contribution < -0.4 is 20.3 Å². The normalized spacial score (nSPS) is 12.9. The Kier molecular flexibility index (Phi) is 4.39. The zero-order valence-corrected chi connectivity index (χ0v) is 12.8. The van der Waals surface area contributed by atoms with Crippen molar-refractivity contribution in [2.75, 3.05) is 12.1 Å². The Balaban J connectivity index is 1.64. The van der Waals surface area contributed by atoms with Crippen LogP contribution in [0.15, 0.2) is 41.3 Å². The van der Waals surface area contributed by atoms with E-state index in [4.69, 9.17) is 9.47 Å². The smallest absolute Gasteiger partial charge is 0.417 e. The SMILES string of the molecule is O=C(CCn1cc(C(F)(F)F)ccc1=O)Nc1ccc2c(c1)OCO2. The van der Waals surface area contributed by atoms with Crippen LogP contribution in [0.5, 0.6) is 11.5 Å². The van der Waals surface area contributed by atoms with Crippen LogP contribution in [-0.4, -0.2) is 17.3 Å². The number of aryl methyl sites for hydroxylation is 1. The molecule has 25 heavy (non-hydrogen) atoms. The molecule has 9 heteroatoms. The van der Waals surface area contributed by atoms with Crippen molar-refractivity contribution >= 4 is 11.6 Å². The van der Waals surface area contributed by atoms with Gasteiger partial charge in [0.2, 0.25) is 12.7 Å². The Hall–Kier alpha value is -2.97. The Bertz CT molecular complexity index is 861. The number of amides is 1. The van der Waals surface area contributed by atoms with Crippen LogP contribution in [0.4, 0.5) is 18.9 Å². The Morgan fingerprint density at radius 2 is 1.92 bits per heavy atom. The molecule has 0 spiro atoms. The minimum Gasteiger partial charge on any atom is -0.454 e. The third kappa shape index (κ3) is 3.93. The van der Waals surface area contributed by atoms with E-state index < -0.39 is 23.2 Å². The first-order valence-electron chi connectivity index (χ1n) is 7.30. The topological polar surface area (TPSA) is 69.6 Å². The molecule has 1 aromatic carbocycles. The highest BCUT2D eigenvalue weighted by molar-refractivity contribution is 5.91. The molecule has 1 aromatic heterocycles. The number of carbonyl (C=O) groups excluding carboxylic acids is 1. The molecule has 2 heterocycles. The summed E-state index contributed by atoms with van der Waals surface area (Å²) in [6.45, 7) is -0.0651. The zero-order chi connectivity index (χ0) is 18.0. The van der Waals surface area contributed by atoms with Gasteiger partial charge in [-0.15, -0.1) is 0 Å². The lowest BCUT2D eigenvalue weighted by atomic mass is 10.2. The lowest BCUT2D eigenvalue weighted by Gasteiger charge is -2.11. The number of halogens is 3. The molecule has 132 valence electrons. The van der Waals surface area contributed by atoms with E-state index in [1.54, 1.807) is 18.2 Å². The van der Waals surface area contributed by atoms with Crippen molar-refractivity contribution in [3.05, 3.63) is 52.4 Å². The molecule has 1 aliphatic heterocycles. The minimum atomic E-state index is -4.55. The van der Waals surface area contributed by atoms with Crippen LogP contribution in [0.2, 0.25) is 0 Å². The predicted octanol–water partition coefficient (Wildman–Crippen LogP) is 2.62. The maximum atomic E-state index is 12.7. The van der Waals surface area contributed by atoms with Gasteiger partial charge in [-0.3, -0.25) is 9.59 Å². The number of fused-ring (bicyclic) bond motifs is 1. The second kappa shape index (κ2) is 6.50. The molecule has 1 aliphatic rings. The van der Waals surface area contributed by atoms with Crippen LogP contribution in [-0.2, 0) is 17.5 Å². The van der Waals surface area contributed by atoms with Gasteiger partial charge in [0.1, 0.15) is 0 Å². The summed E-state index contributed by atoms with van der Waals surface area (Å²) in [4.78, 5) is 23.6. The number of hydrogen-bond donors (Lipinski definition) is 1. The highest BCUT2D eigenvalue weighted by atomic mass is 19.4. The van der Waals surface area contributed by atoms with E-state index in [9.17, 15) is 22.8 Å². The third-order valence-electron chi connectivity index (χ3n) is 3.55. The molecule has 2 aromatic rings. The summed E-state index contributed by atoms with van der Waals surface area (Å²) in [7, 11) is 0. The first-order valence-corrected chi connectivity index (χ1v) is 7.30. The zero-order valence-electron chi connectivity index (χ0n) is 12.8. The Labute approximate surface area is 139 Å². The third-order valence-corrected chi connectivity index (χ3v) is 3.55.